The fourth-order valence-electron chi connectivity index (χ4n) is 2.88. The van der Waals surface area contributed by atoms with E-state index in [9.17, 15) is 4.79 Å². The van der Waals surface area contributed by atoms with Gasteiger partial charge in [-0.25, -0.2) is 4.98 Å². The lowest BCUT2D eigenvalue weighted by Gasteiger charge is -2.30. The van der Waals surface area contributed by atoms with Gasteiger partial charge in [-0.2, -0.15) is 0 Å². The van der Waals surface area contributed by atoms with Crippen molar-refractivity contribution < 1.29 is 4.79 Å². The van der Waals surface area contributed by atoms with Crippen LogP contribution in [0.2, 0.25) is 0 Å². The number of carbonyl (C=O) groups excluding carboxylic acids is 1. The number of thioether (sulfide) groups is 1. The minimum atomic E-state index is 0.0346. The van der Waals surface area contributed by atoms with Crippen molar-refractivity contribution in [1.82, 2.24) is 9.88 Å². The van der Waals surface area contributed by atoms with Crippen LogP contribution in [0.4, 0.5) is 16.3 Å². The van der Waals surface area contributed by atoms with Gasteiger partial charge in [0.2, 0.25) is 0 Å². The van der Waals surface area contributed by atoms with E-state index in [0.717, 1.165) is 40.9 Å². The SMILES string of the molecule is CCN(CC)CC(C)SC(=O)N1c2ccccc2Sc2cccnc21. The van der Waals surface area contributed by atoms with Crippen LogP contribution in [0.25, 0.3) is 0 Å². The summed E-state index contributed by atoms with van der Waals surface area (Å²) in [5, 5.41) is 0.258. The van der Waals surface area contributed by atoms with Gasteiger partial charge in [0.05, 0.1) is 10.6 Å². The zero-order valence-corrected chi connectivity index (χ0v) is 16.4. The first-order valence-corrected chi connectivity index (χ1v) is 10.3. The number of amides is 1. The lowest BCUT2D eigenvalue weighted by Crippen LogP contribution is -2.32. The molecular weight excluding hydrogens is 350 g/mol. The van der Waals surface area contributed by atoms with E-state index in [1.54, 1.807) is 22.9 Å². The molecule has 0 radical (unpaired) electrons. The predicted molar refractivity (Wildman–Crippen MR) is 107 cm³/mol. The summed E-state index contributed by atoms with van der Waals surface area (Å²) in [5.74, 6) is 0.735. The molecule has 1 aromatic carbocycles. The number of carbonyl (C=O) groups is 1. The Morgan fingerprint density at radius 3 is 2.68 bits per heavy atom. The van der Waals surface area contributed by atoms with Gasteiger partial charge in [-0.05, 0) is 37.4 Å². The summed E-state index contributed by atoms with van der Waals surface area (Å²) in [6, 6.07) is 12.0. The van der Waals surface area contributed by atoms with E-state index in [0.29, 0.717) is 0 Å². The molecule has 1 aliphatic heterocycles. The van der Waals surface area contributed by atoms with E-state index < -0.39 is 0 Å². The van der Waals surface area contributed by atoms with E-state index in [2.05, 4.69) is 36.7 Å². The molecule has 0 saturated heterocycles. The summed E-state index contributed by atoms with van der Waals surface area (Å²) in [6.45, 7) is 9.34. The molecule has 2 aromatic rings. The standard InChI is InChI=1S/C19H23N3OS2/c1-4-21(5-2)13-14(3)24-19(23)22-15-9-6-7-10-16(15)25-17-11-8-12-20-18(17)22/h6-12,14H,4-5,13H2,1-3H3. The Bertz CT molecular complexity index is 703. The summed E-state index contributed by atoms with van der Waals surface area (Å²) in [4.78, 5) is 23.8. The fraction of sp³-hybridized carbons (Fsp3) is 0.368. The highest BCUT2D eigenvalue weighted by atomic mass is 32.2. The summed E-state index contributed by atoms with van der Waals surface area (Å²) in [7, 11) is 0. The number of hydrogen-bond acceptors (Lipinski definition) is 5. The number of pyridine rings is 1. The maximum atomic E-state index is 13.1. The molecule has 0 N–H and O–H groups in total. The molecule has 132 valence electrons. The summed E-state index contributed by atoms with van der Waals surface area (Å²) in [5.41, 5.74) is 0.922. The fourth-order valence-corrected chi connectivity index (χ4v) is 4.83. The van der Waals surface area contributed by atoms with Gasteiger partial charge in [-0.1, -0.05) is 56.4 Å². The Morgan fingerprint density at radius 2 is 1.92 bits per heavy atom. The van der Waals surface area contributed by atoms with Gasteiger partial charge < -0.3 is 4.90 Å². The Balaban J connectivity index is 1.85. The number of benzene rings is 1. The van der Waals surface area contributed by atoms with Crippen molar-refractivity contribution in [2.24, 2.45) is 0 Å². The number of nitrogens with zero attached hydrogens (tertiary/aromatic N) is 3. The first kappa shape index (κ1) is 18.3. The largest absolute Gasteiger partial charge is 0.303 e. The minimum absolute atomic E-state index is 0.0346. The number of fused-ring (bicyclic) bond motifs is 2. The molecule has 4 nitrogen and oxygen atoms in total. The second kappa shape index (κ2) is 8.25. The van der Waals surface area contributed by atoms with E-state index in [1.807, 2.05) is 30.3 Å². The van der Waals surface area contributed by atoms with Crippen molar-refractivity contribution >= 4 is 40.3 Å². The van der Waals surface area contributed by atoms with Crippen LogP contribution < -0.4 is 4.90 Å². The van der Waals surface area contributed by atoms with Crippen LogP contribution in [0.5, 0.6) is 0 Å². The normalized spacial score (nSPS) is 14.2. The maximum absolute atomic E-state index is 13.1. The monoisotopic (exact) mass is 373 g/mol. The number of para-hydroxylation sites is 1. The van der Waals surface area contributed by atoms with Crippen LogP contribution in [0.1, 0.15) is 20.8 Å². The third-order valence-electron chi connectivity index (χ3n) is 4.18. The van der Waals surface area contributed by atoms with Crippen molar-refractivity contribution in [3.05, 3.63) is 42.6 Å². The molecule has 6 heteroatoms. The van der Waals surface area contributed by atoms with E-state index >= 15 is 0 Å². The molecule has 1 unspecified atom stereocenters. The molecule has 1 amide bonds. The van der Waals surface area contributed by atoms with Crippen LogP contribution in [0.3, 0.4) is 0 Å². The minimum Gasteiger partial charge on any atom is -0.303 e. The summed E-state index contributed by atoms with van der Waals surface area (Å²) >= 11 is 3.05. The molecular formula is C19H23N3OS2. The highest BCUT2D eigenvalue weighted by Gasteiger charge is 2.30. The smallest absolute Gasteiger partial charge is 0.292 e. The zero-order chi connectivity index (χ0) is 17.8. The van der Waals surface area contributed by atoms with Crippen molar-refractivity contribution in [3.63, 3.8) is 0 Å². The molecule has 0 bridgehead atoms. The molecule has 1 atom stereocenters. The average Bonchev–Trinajstić information content (AvgIpc) is 2.63. The Labute approximate surface area is 158 Å². The lowest BCUT2D eigenvalue weighted by molar-refractivity contribution is 0.266. The Hall–Kier alpha value is -1.50. The van der Waals surface area contributed by atoms with Gasteiger partial charge in [-0.15, -0.1) is 0 Å². The van der Waals surface area contributed by atoms with Gasteiger partial charge in [0, 0.05) is 22.9 Å². The third kappa shape index (κ3) is 4.02. The molecule has 0 fully saturated rings. The van der Waals surface area contributed by atoms with Crippen molar-refractivity contribution in [2.45, 2.75) is 35.8 Å². The van der Waals surface area contributed by atoms with Crippen molar-refractivity contribution in [3.8, 4) is 0 Å². The molecule has 1 aromatic heterocycles. The first-order valence-electron chi connectivity index (χ1n) is 8.59. The van der Waals surface area contributed by atoms with Gasteiger partial charge in [0.1, 0.15) is 0 Å². The zero-order valence-electron chi connectivity index (χ0n) is 14.8. The highest BCUT2D eigenvalue weighted by molar-refractivity contribution is 8.14. The predicted octanol–water partition coefficient (Wildman–Crippen LogP) is 5.27. The van der Waals surface area contributed by atoms with E-state index in [1.165, 1.54) is 11.8 Å². The topological polar surface area (TPSA) is 36.4 Å². The molecule has 2 heterocycles. The van der Waals surface area contributed by atoms with Gasteiger partial charge in [0.25, 0.3) is 5.24 Å². The Morgan fingerprint density at radius 1 is 1.20 bits per heavy atom. The average molecular weight is 374 g/mol. The van der Waals surface area contributed by atoms with Crippen LogP contribution in [-0.2, 0) is 0 Å². The van der Waals surface area contributed by atoms with Gasteiger partial charge in [-0.3, -0.25) is 9.69 Å². The molecule has 0 saturated carbocycles. The van der Waals surface area contributed by atoms with Gasteiger partial charge in [0.15, 0.2) is 5.82 Å². The third-order valence-corrected chi connectivity index (χ3v) is 6.22. The van der Waals surface area contributed by atoms with Crippen LogP contribution >= 0.6 is 23.5 Å². The van der Waals surface area contributed by atoms with Crippen LogP contribution in [0.15, 0.2) is 52.4 Å². The first-order chi connectivity index (χ1) is 12.1. The Kier molecular flexibility index (Phi) is 6.04. The summed E-state index contributed by atoms with van der Waals surface area (Å²) in [6.07, 6.45) is 1.75. The van der Waals surface area contributed by atoms with Gasteiger partial charge >= 0.3 is 0 Å². The molecule has 0 aliphatic carbocycles. The summed E-state index contributed by atoms with van der Waals surface area (Å²) < 4.78 is 0. The molecule has 25 heavy (non-hydrogen) atoms. The number of rotatable bonds is 5. The molecule has 1 aliphatic rings. The quantitative estimate of drug-likeness (QED) is 0.714. The second-order valence-corrected chi connectivity index (χ2v) is 8.38. The van der Waals surface area contributed by atoms with E-state index in [4.69, 9.17) is 0 Å². The van der Waals surface area contributed by atoms with Crippen LogP contribution in [-0.4, -0.2) is 40.0 Å². The molecule has 0 spiro atoms. The second-order valence-electron chi connectivity index (χ2n) is 5.91. The maximum Gasteiger partial charge on any atom is 0.292 e. The van der Waals surface area contributed by atoms with Crippen molar-refractivity contribution in [2.75, 3.05) is 24.5 Å². The number of anilines is 2. The van der Waals surface area contributed by atoms with E-state index in [-0.39, 0.29) is 10.5 Å². The van der Waals surface area contributed by atoms with Crippen molar-refractivity contribution in [1.29, 1.82) is 0 Å². The number of aromatic nitrogens is 1. The van der Waals surface area contributed by atoms with Crippen LogP contribution in [0, 0.1) is 0 Å². The highest BCUT2D eigenvalue weighted by Crippen LogP contribution is 2.48. The lowest BCUT2D eigenvalue weighted by atomic mass is 10.3. The number of hydrogen-bond donors (Lipinski definition) is 0. The molecule has 3 rings (SSSR count).